The molecule has 0 bridgehead atoms. The molecule has 90 valence electrons. The third-order valence-electron chi connectivity index (χ3n) is 3.60. The van der Waals surface area contributed by atoms with Gasteiger partial charge >= 0.3 is 0 Å². The van der Waals surface area contributed by atoms with Crippen molar-refractivity contribution in [2.24, 2.45) is 0 Å². The number of rotatable bonds is 8. The van der Waals surface area contributed by atoms with Gasteiger partial charge in [-0.1, -0.05) is 32.6 Å². The molecule has 0 amide bonds. The average Bonchev–Trinajstić information content (AvgIpc) is 2.77. The van der Waals surface area contributed by atoms with Gasteiger partial charge in [0.15, 0.2) is 0 Å². The van der Waals surface area contributed by atoms with Gasteiger partial charge in [0, 0.05) is 6.04 Å². The van der Waals surface area contributed by atoms with Gasteiger partial charge in [0.1, 0.15) is 0 Å². The van der Waals surface area contributed by atoms with E-state index in [1.807, 2.05) is 0 Å². The van der Waals surface area contributed by atoms with Crippen LogP contribution in [0.3, 0.4) is 0 Å². The van der Waals surface area contributed by atoms with Crippen LogP contribution in [0.1, 0.15) is 58.3 Å². The van der Waals surface area contributed by atoms with Crippen molar-refractivity contribution in [3.8, 4) is 0 Å². The van der Waals surface area contributed by atoms with E-state index in [9.17, 15) is 0 Å². The Bertz CT molecular complexity index is 143. The largest absolute Gasteiger partial charge is 0.301 e. The molecule has 0 aromatic carbocycles. The lowest BCUT2D eigenvalue weighted by molar-refractivity contribution is 0.204. The van der Waals surface area contributed by atoms with Crippen LogP contribution in [0.2, 0.25) is 0 Å². The van der Waals surface area contributed by atoms with Crippen LogP contribution in [0.4, 0.5) is 0 Å². The predicted molar refractivity (Wildman–Crippen MR) is 71.8 cm³/mol. The molecule has 0 saturated heterocycles. The Morgan fingerprint density at radius 3 is 2.33 bits per heavy atom. The van der Waals surface area contributed by atoms with E-state index < -0.39 is 0 Å². The first-order chi connectivity index (χ1) is 7.38. The second-order valence-electron chi connectivity index (χ2n) is 4.70. The first kappa shape index (κ1) is 13.4. The Morgan fingerprint density at radius 2 is 1.73 bits per heavy atom. The summed E-state index contributed by atoms with van der Waals surface area (Å²) in [5, 5.41) is 0. The van der Waals surface area contributed by atoms with Gasteiger partial charge in [-0.2, -0.15) is 12.6 Å². The molecular weight excluding hydrogens is 202 g/mol. The summed E-state index contributed by atoms with van der Waals surface area (Å²) in [5.74, 6) is 1.06. The average molecular weight is 229 g/mol. The molecule has 15 heavy (non-hydrogen) atoms. The number of thiol groups is 1. The van der Waals surface area contributed by atoms with Crippen LogP contribution in [0, 0.1) is 0 Å². The van der Waals surface area contributed by atoms with E-state index in [4.69, 9.17) is 0 Å². The molecule has 1 aliphatic carbocycles. The van der Waals surface area contributed by atoms with E-state index in [2.05, 4.69) is 24.5 Å². The topological polar surface area (TPSA) is 3.24 Å². The molecule has 1 saturated carbocycles. The van der Waals surface area contributed by atoms with Crippen LogP contribution in [0.25, 0.3) is 0 Å². The minimum Gasteiger partial charge on any atom is -0.301 e. The second kappa shape index (κ2) is 8.46. The van der Waals surface area contributed by atoms with Gasteiger partial charge in [0.25, 0.3) is 0 Å². The summed E-state index contributed by atoms with van der Waals surface area (Å²) >= 11 is 4.24. The summed E-state index contributed by atoms with van der Waals surface area (Å²) in [4.78, 5) is 2.70. The van der Waals surface area contributed by atoms with E-state index in [0.29, 0.717) is 0 Å². The lowest BCUT2D eigenvalue weighted by Crippen LogP contribution is -2.33. The van der Waals surface area contributed by atoms with Crippen LogP contribution in [-0.2, 0) is 0 Å². The molecule has 0 radical (unpaired) electrons. The zero-order valence-corrected chi connectivity index (χ0v) is 11.1. The van der Waals surface area contributed by atoms with Gasteiger partial charge in [0.05, 0.1) is 0 Å². The van der Waals surface area contributed by atoms with Crippen molar-refractivity contribution in [1.82, 2.24) is 4.90 Å². The number of hydrogen-bond donors (Lipinski definition) is 1. The minimum absolute atomic E-state index is 0.917. The normalized spacial score (nSPS) is 17.8. The monoisotopic (exact) mass is 229 g/mol. The molecule has 2 heteroatoms. The summed E-state index contributed by atoms with van der Waals surface area (Å²) in [7, 11) is 0. The van der Waals surface area contributed by atoms with Gasteiger partial charge in [-0.05, 0) is 44.5 Å². The van der Waals surface area contributed by atoms with Crippen molar-refractivity contribution < 1.29 is 0 Å². The fraction of sp³-hybridized carbons (Fsp3) is 1.00. The van der Waals surface area contributed by atoms with Crippen molar-refractivity contribution in [3.63, 3.8) is 0 Å². The highest BCUT2D eigenvalue weighted by Gasteiger charge is 2.20. The Kier molecular flexibility index (Phi) is 7.54. The molecule has 1 rings (SSSR count). The first-order valence-corrected chi connectivity index (χ1v) is 7.36. The highest BCUT2D eigenvalue weighted by Crippen LogP contribution is 2.23. The maximum atomic E-state index is 4.24. The van der Waals surface area contributed by atoms with Crippen LogP contribution >= 0.6 is 12.6 Å². The predicted octanol–water partition coefficient (Wildman–Crippen LogP) is 3.74. The molecular formula is C13H27NS. The maximum Gasteiger partial charge on any atom is 0.00951 e. The third kappa shape index (κ3) is 5.26. The standard InChI is InChI=1S/C13H27NS/c1-2-14(13-9-5-6-10-13)11-7-3-4-8-12-15/h13,15H,2-12H2,1H3. The molecule has 0 aliphatic heterocycles. The summed E-state index contributed by atoms with van der Waals surface area (Å²) in [6.07, 6.45) is 11.3. The van der Waals surface area contributed by atoms with E-state index >= 15 is 0 Å². The van der Waals surface area contributed by atoms with E-state index in [1.54, 1.807) is 0 Å². The van der Waals surface area contributed by atoms with E-state index in [-0.39, 0.29) is 0 Å². The van der Waals surface area contributed by atoms with Crippen LogP contribution < -0.4 is 0 Å². The lowest BCUT2D eigenvalue weighted by Gasteiger charge is -2.27. The first-order valence-electron chi connectivity index (χ1n) is 6.73. The smallest absolute Gasteiger partial charge is 0.00951 e. The molecule has 0 spiro atoms. The molecule has 0 atom stereocenters. The molecule has 0 heterocycles. The van der Waals surface area contributed by atoms with Crippen molar-refractivity contribution in [2.45, 2.75) is 64.3 Å². The van der Waals surface area contributed by atoms with Gasteiger partial charge in [-0.15, -0.1) is 0 Å². The fourth-order valence-corrected chi connectivity index (χ4v) is 2.87. The van der Waals surface area contributed by atoms with Crippen LogP contribution in [0.15, 0.2) is 0 Å². The summed E-state index contributed by atoms with van der Waals surface area (Å²) in [5.41, 5.74) is 0. The Hall–Kier alpha value is 0.310. The molecule has 1 nitrogen and oxygen atoms in total. The van der Waals surface area contributed by atoms with Crippen LogP contribution in [0.5, 0.6) is 0 Å². The Labute approximate surface area is 101 Å². The third-order valence-corrected chi connectivity index (χ3v) is 3.92. The molecule has 0 unspecified atom stereocenters. The van der Waals surface area contributed by atoms with Crippen LogP contribution in [-0.4, -0.2) is 29.8 Å². The summed E-state index contributed by atoms with van der Waals surface area (Å²) < 4.78 is 0. The van der Waals surface area contributed by atoms with Crippen molar-refractivity contribution in [1.29, 1.82) is 0 Å². The molecule has 0 aromatic rings. The van der Waals surface area contributed by atoms with Gasteiger partial charge < -0.3 is 4.90 Å². The van der Waals surface area contributed by atoms with Gasteiger partial charge in [-0.3, -0.25) is 0 Å². The Balaban J connectivity index is 2.05. The number of unbranched alkanes of at least 4 members (excludes halogenated alkanes) is 3. The SMILES string of the molecule is CCN(CCCCCCS)C1CCCC1. The number of hydrogen-bond acceptors (Lipinski definition) is 2. The minimum atomic E-state index is 0.917. The van der Waals surface area contributed by atoms with Crippen molar-refractivity contribution in [3.05, 3.63) is 0 Å². The molecule has 1 fully saturated rings. The zero-order valence-electron chi connectivity index (χ0n) is 10.2. The molecule has 0 N–H and O–H groups in total. The number of nitrogens with zero attached hydrogens (tertiary/aromatic N) is 1. The van der Waals surface area contributed by atoms with E-state index in [0.717, 1.165) is 11.8 Å². The van der Waals surface area contributed by atoms with Gasteiger partial charge in [0.2, 0.25) is 0 Å². The summed E-state index contributed by atoms with van der Waals surface area (Å²) in [6, 6.07) is 0.917. The highest BCUT2D eigenvalue weighted by molar-refractivity contribution is 7.80. The molecule has 0 aromatic heterocycles. The van der Waals surface area contributed by atoms with Crippen molar-refractivity contribution >= 4 is 12.6 Å². The lowest BCUT2D eigenvalue weighted by atomic mass is 10.1. The van der Waals surface area contributed by atoms with E-state index in [1.165, 1.54) is 64.5 Å². The second-order valence-corrected chi connectivity index (χ2v) is 5.15. The highest BCUT2D eigenvalue weighted by atomic mass is 32.1. The quantitative estimate of drug-likeness (QED) is 0.490. The van der Waals surface area contributed by atoms with Crippen molar-refractivity contribution in [2.75, 3.05) is 18.8 Å². The zero-order chi connectivity index (χ0) is 10.9. The van der Waals surface area contributed by atoms with Gasteiger partial charge in [-0.25, -0.2) is 0 Å². The Morgan fingerprint density at radius 1 is 1.07 bits per heavy atom. The summed E-state index contributed by atoms with van der Waals surface area (Å²) in [6.45, 7) is 4.89. The fourth-order valence-electron chi connectivity index (χ4n) is 2.65. The maximum absolute atomic E-state index is 4.24. The molecule has 1 aliphatic rings.